The average Bonchev–Trinajstić information content (AvgIpc) is 2.46. The van der Waals surface area contributed by atoms with Crippen LogP contribution in [0.2, 0.25) is 0 Å². The third-order valence-electron chi connectivity index (χ3n) is 3.45. The highest BCUT2D eigenvalue weighted by atomic mass is 32.2. The van der Waals surface area contributed by atoms with Gasteiger partial charge in [0.05, 0.1) is 12.5 Å². The molecule has 0 heterocycles. The third kappa shape index (κ3) is 5.61. The maximum absolute atomic E-state index is 11.9. The van der Waals surface area contributed by atoms with E-state index in [0.717, 1.165) is 25.7 Å². The predicted molar refractivity (Wildman–Crippen MR) is 77.9 cm³/mol. The van der Waals surface area contributed by atoms with Gasteiger partial charge in [0.15, 0.2) is 0 Å². The number of aliphatic hydroxyl groups is 1. The Morgan fingerprint density at radius 1 is 1.28 bits per heavy atom. The van der Waals surface area contributed by atoms with Gasteiger partial charge in [0.1, 0.15) is 0 Å². The van der Waals surface area contributed by atoms with Crippen LogP contribution in [-0.4, -0.2) is 36.8 Å². The molecule has 0 unspecified atom stereocenters. The Bertz CT molecular complexity index is 213. The summed E-state index contributed by atoms with van der Waals surface area (Å²) in [5.41, 5.74) is -0.161. The first-order valence-electron chi connectivity index (χ1n) is 6.86. The van der Waals surface area contributed by atoms with Gasteiger partial charge in [0.25, 0.3) is 0 Å². The maximum Gasteiger partial charge on any atom is 0.312 e. The molecule has 3 nitrogen and oxygen atoms in total. The number of hydrogen-bond acceptors (Lipinski definition) is 4. The molecule has 0 saturated heterocycles. The first-order valence-corrected chi connectivity index (χ1v) is 8.01. The van der Waals surface area contributed by atoms with E-state index >= 15 is 0 Å². The summed E-state index contributed by atoms with van der Waals surface area (Å²) in [5.74, 6) is 2.16. The standard InChI is InChI=1S/C13H24O2S.CH4O/c1-3-4-10-16-11-13(12(14)15-2)8-6-5-7-9-13;1-2/h3-11H2,1-2H3;2H,1H3. The zero-order valence-corrected chi connectivity index (χ0v) is 12.9. The molecule has 0 aromatic rings. The number of esters is 1. The van der Waals surface area contributed by atoms with E-state index < -0.39 is 0 Å². The van der Waals surface area contributed by atoms with Crippen molar-refractivity contribution in [3.05, 3.63) is 0 Å². The van der Waals surface area contributed by atoms with Gasteiger partial charge in [0.2, 0.25) is 0 Å². The molecular formula is C14H28O3S. The Morgan fingerprint density at radius 2 is 1.89 bits per heavy atom. The highest BCUT2D eigenvalue weighted by molar-refractivity contribution is 7.99. The summed E-state index contributed by atoms with van der Waals surface area (Å²) in [6, 6.07) is 0. The monoisotopic (exact) mass is 276 g/mol. The van der Waals surface area contributed by atoms with Crippen LogP contribution in [-0.2, 0) is 9.53 Å². The quantitative estimate of drug-likeness (QED) is 0.597. The van der Waals surface area contributed by atoms with Crippen LogP contribution in [0.25, 0.3) is 0 Å². The molecule has 108 valence electrons. The molecule has 1 aliphatic rings. The number of carbonyl (C=O) groups excluding carboxylic acids is 1. The summed E-state index contributed by atoms with van der Waals surface area (Å²) in [5, 5.41) is 7.00. The molecule has 4 heteroatoms. The molecule has 0 aromatic heterocycles. The molecule has 0 spiro atoms. The van der Waals surface area contributed by atoms with E-state index in [1.807, 2.05) is 11.8 Å². The molecule has 1 saturated carbocycles. The minimum Gasteiger partial charge on any atom is -0.469 e. The lowest BCUT2D eigenvalue weighted by Gasteiger charge is -2.34. The fraction of sp³-hybridized carbons (Fsp3) is 0.929. The van der Waals surface area contributed by atoms with Crippen molar-refractivity contribution in [2.45, 2.75) is 51.9 Å². The number of methoxy groups -OCH3 is 1. The van der Waals surface area contributed by atoms with Crippen LogP contribution in [0.3, 0.4) is 0 Å². The Labute approximate surface area is 116 Å². The number of hydrogen-bond donors (Lipinski definition) is 1. The van der Waals surface area contributed by atoms with Gasteiger partial charge < -0.3 is 9.84 Å². The van der Waals surface area contributed by atoms with Crippen molar-refractivity contribution < 1.29 is 14.6 Å². The summed E-state index contributed by atoms with van der Waals surface area (Å²) >= 11 is 1.93. The highest BCUT2D eigenvalue weighted by Crippen LogP contribution is 2.40. The Morgan fingerprint density at radius 3 is 2.39 bits per heavy atom. The number of carbonyl (C=O) groups is 1. The number of ether oxygens (including phenoxy) is 1. The molecule has 0 amide bonds. The molecule has 1 rings (SSSR count). The van der Waals surface area contributed by atoms with Crippen molar-refractivity contribution in [3.8, 4) is 0 Å². The number of thioether (sulfide) groups is 1. The maximum atomic E-state index is 11.9. The molecule has 0 aliphatic heterocycles. The number of aliphatic hydroxyl groups excluding tert-OH is 1. The Balaban J connectivity index is 0.00000137. The van der Waals surface area contributed by atoms with E-state index in [2.05, 4.69) is 6.92 Å². The topological polar surface area (TPSA) is 46.5 Å². The van der Waals surface area contributed by atoms with Crippen LogP contribution in [0, 0.1) is 5.41 Å². The van der Waals surface area contributed by atoms with Crippen LogP contribution in [0.15, 0.2) is 0 Å². The number of unbranched alkanes of at least 4 members (excludes halogenated alkanes) is 1. The first-order chi connectivity index (χ1) is 8.75. The minimum absolute atomic E-state index is 0.0243. The van der Waals surface area contributed by atoms with E-state index in [4.69, 9.17) is 9.84 Å². The molecule has 18 heavy (non-hydrogen) atoms. The summed E-state index contributed by atoms with van der Waals surface area (Å²) in [6.45, 7) is 2.21. The van der Waals surface area contributed by atoms with Gasteiger partial charge in [-0.25, -0.2) is 0 Å². The van der Waals surface area contributed by atoms with Crippen LogP contribution in [0.1, 0.15) is 51.9 Å². The van der Waals surface area contributed by atoms with Crippen LogP contribution in [0.5, 0.6) is 0 Å². The van der Waals surface area contributed by atoms with Gasteiger partial charge in [-0.2, -0.15) is 11.8 Å². The van der Waals surface area contributed by atoms with Gasteiger partial charge in [-0.05, 0) is 25.0 Å². The van der Waals surface area contributed by atoms with Crippen LogP contribution >= 0.6 is 11.8 Å². The lowest BCUT2D eigenvalue weighted by atomic mass is 9.75. The largest absolute Gasteiger partial charge is 0.469 e. The van der Waals surface area contributed by atoms with Crippen molar-refractivity contribution in [1.29, 1.82) is 0 Å². The Kier molecular flexibility index (Phi) is 10.5. The van der Waals surface area contributed by atoms with E-state index in [1.165, 1.54) is 45.0 Å². The molecule has 0 radical (unpaired) electrons. The fourth-order valence-corrected chi connectivity index (χ4v) is 3.80. The van der Waals surface area contributed by atoms with Crippen molar-refractivity contribution >= 4 is 17.7 Å². The highest BCUT2D eigenvalue weighted by Gasteiger charge is 2.40. The summed E-state index contributed by atoms with van der Waals surface area (Å²) < 4.78 is 5.00. The van der Waals surface area contributed by atoms with Crippen LogP contribution in [0.4, 0.5) is 0 Å². The van der Waals surface area contributed by atoms with E-state index in [-0.39, 0.29) is 11.4 Å². The van der Waals surface area contributed by atoms with E-state index in [0.29, 0.717) is 0 Å². The smallest absolute Gasteiger partial charge is 0.312 e. The first kappa shape index (κ1) is 17.8. The molecule has 0 bridgehead atoms. The summed E-state index contributed by atoms with van der Waals surface area (Å²) in [4.78, 5) is 11.9. The van der Waals surface area contributed by atoms with Gasteiger partial charge in [-0.15, -0.1) is 0 Å². The molecule has 1 aliphatic carbocycles. The van der Waals surface area contributed by atoms with Gasteiger partial charge in [-0.1, -0.05) is 32.6 Å². The minimum atomic E-state index is -0.161. The lowest BCUT2D eigenvalue weighted by molar-refractivity contribution is -0.153. The zero-order valence-electron chi connectivity index (χ0n) is 12.0. The molecule has 1 N–H and O–H groups in total. The third-order valence-corrected chi connectivity index (χ3v) is 4.78. The average molecular weight is 276 g/mol. The SMILES string of the molecule is CCCCSCC1(C(=O)OC)CCCCC1.CO. The van der Waals surface area contributed by atoms with Crippen molar-refractivity contribution in [2.24, 2.45) is 5.41 Å². The van der Waals surface area contributed by atoms with Crippen LogP contribution < -0.4 is 0 Å². The zero-order chi connectivity index (χ0) is 13.9. The normalized spacial score (nSPS) is 17.6. The van der Waals surface area contributed by atoms with Gasteiger partial charge in [0, 0.05) is 12.9 Å². The fourth-order valence-electron chi connectivity index (χ4n) is 2.37. The second-order valence-electron chi connectivity index (χ2n) is 4.74. The second-order valence-corrected chi connectivity index (χ2v) is 5.84. The second kappa shape index (κ2) is 10.7. The van der Waals surface area contributed by atoms with Crippen molar-refractivity contribution in [2.75, 3.05) is 25.7 Å². The molecular weight excluding hydrogens is 248 g/mol. The van der Waals surface area contributed by atoms with E-state index in [1.54, 1.807) is 0 Å². The summed E-state index contributed by atoms with van der Waals surface area (Å²) in [7, 11) is 2.52. The molecule has 0 aromatic carbocycles. The Hall–Kier alpha value is -0.220. The van der Waals surface area contributed by atoms with Crippen molar-refractivity contribution in [3.63, 3.8) is 0 Å². The van der Waals surface area contributed by atoms with Gasteiger partial charge >= 0.3 is 5.97 Å². The van der Waals surface area contributed by atoms with Crippen molar-refractivity contribution in [1.82, 2.24) is 0 Å². The molecule has 1 fully saturated rings. The van der Waals surface area contributed by atoms with E-state index in [9.17, 15) is 4.79 Å². The summed E-state index contributed by atoms with van der Waals surface area (Å²) in [6.07, 6.45) is 8.18. The van der Waals surface area contributed by atoms with Gasteiger partial charge in [-0.3, -0.25) is 4.79 Å². The number of rotatable bonds is 6. The predicted octanol–water partition coefficient (Wildman–Crippen LogP) is 3.25. The lowest BCUT2D eigenvalue weighted by Crippen LogP contribution is -2.37. The molecule has 0 atom stereocenters.